The van der Waals surface area contributed by atoms with Gasteiger partial charge in [-0.2, -0.15) is 0 Å². The highest BCUT2D eigenvalue weighted by molar-refractivity contribution is 7.80. The molecule has 1 aliphatic heterocycles. The van der Waals surface area contributed by atoms with E-state index >= 15 is 0 Å². The molecule has 2 N–H and O–H groups in total. The highest BCUT2D eigenvalue weighted by Crippen LogP contribution is 2.45. The number of halogens is 1. The lowest BCUT2D eigenvalue weighted by Crippen LogP contribution is -2.29. The fourth-order valence-corrected chi connectivity index (χ4v) is 4.07. The van der Waals surface area contributed by atoms with Crippen LogP contribution in [0.25, 0.3) is 0 Å². The van der Waals surface area contributed by atoms with Crippen LogP contribution in [0, 0.1) is 0 Å². The lowest BCUT2D eigenvalue weighted by atomic mass is 9.98. The van der Waals surface area contributed by atoms with E-state index in [1.165, 1.54) is 0 Å². The van der Waals surface area contributed by atoms with Gasteiger partial charge in [0.2, 0.25) is 0 Å². The van der Waals surface area contributed by atoms with E-state index in [2.05, 4.69) is 47.2 Å². The molecule has 0 aliphatic carbocycles. The zero-order valence-corrected chi connectivity index (χ0v) is 17.2. The molecule has 0 unspecified atom stereocenters. The molecule has 0 saturated carbocycles. The average molecular weight is 413 g/mol. The SMILES string of the molecule is CC(C)n1ccc([C@@H]2[C@@H](c3ccccn3)NC(=S)N2c2cc(Cl)ccc2O)c1. The van der Waals surface area contributed by atoms with Crippen LogP contribution in [0.1, 0.15) is 43.2 Å². The topological polar surface area (TPSA) is 53.3 Å². The molecule has 1 saturated heterocycles. The van der Waals surface area contributed by atoms with E-state index in [1.807, 2.05) is 23.1 Å². The number of aromatic nitrogens is 2. The Bertz CT molecular complexity index is 1000. The summed E-state index contributed by atoms with van der Waals surface area (Å²) in [5.74, 6) is 0.128. The van der Waals surface area contributed by atoms with E-state index in [4.69, 9.17) is 23.8 Å². The van der Waals surface area contributed by atoms with Crippen molar-refractivity contribution in [3.05, 3.63) is 77.3 Å². The van der Waals surface area contributed by atoms with Crippen LogP contribution in [0.15, 0.2) is 61.1 Å². The molecular formula is C21H21ClN4OS. The minimum Gasteiger partial charge on any atom is -0.506 e. The molecule has 3 heterocycles. The molecule has 0 amide bonds. The average Bonchev–Trinajstić information content (AvgIpc) is 3.29. The van der Waals surface area contributed by atoms with E-state index in [1.54, 1.807) is 24.4 Å². The van der Waals surface area contributed by atoms with Crippen LogP contribution < -0.4 is 10.2 Å². The molecule has 1 aliphatic rings. The van der Waals surface area contributed by atoms with Gasteiger partial charge in [0.1, 0.15) is 5.75 Å². The van der Waals surface area contributed by atoms with Crippen LogP contribution in [-0.2, 0) is 0 Å². The van der Waals surface area contributed by atoms with Gasteiger partial charge in [-0.3, -0.25) is 4.98 Å². The summed E-state index contributed by atoms with van der Waals surface area (Å²) in [4.78, 5) is 6.46. The summed E-state index contributed by atoms with van der Waals surface area (Å²) in [6.45, 7) is 4.27. The summed E-state index contributed by atoms with van der Waals surface area (Å²) >= 11 is 11.9. The largest absolute Gasteiger partial charge is 0.506 e. The molecule has 0 radical (unpaired) electrons. The molecule has 0 spiro atoms. The van der Waals surface area contributed by atoms with Crippen molar-refractivity contribution >= 4 is 34.6 Å². The Kier molecular flexibility index (Phi) is 5.00. The van der Waals surface area contributed by atoms with Gasteiger partial charge < -0.3 is 19.9 Å². The molecule has 7 heteroatoms. The molecule has 2 atom stereocenters. The zero-order chi connectivity index (χ0) is 19.8. The highest BCUT2D eigenvalue weighted by atomic mass is 35.5. The van der Waals surface area contributed by atoms with E-state index in [9.17, 15) is 5.11 Å². The van der Waals surface area contributed by atoms with Crippen molar-refractivity contribution in [2.24, 2.45) is 0 Å². The van der Waals surface area contributed by atoms with Gasteiger partial charge in [0.15, 0.2) is 5.11 Å². The molecular weight excluding hydrogens is 392 g/mol. The van der Waals surface area contributed by atoms with E-state index in [0.717, 1.165) is 11.3 Å². The van der Waals surface area contributed by atoms with Crippen molar-refractivity contribution in [3.63, 3.8) is 0 Å². The van der Waals surface area contributed by atoms with Gasteiger partial charge in [0.25, 0.3) is 0 Å². The molecule has 1 aromatic carbocycles. The van der Waals surface area contributed by atoms with E-state index in [0.29, 0.717) is 21.9 Å². The van der Waals surface area contributed by atoms with Crippen molar-refractivity contribution in [2.75, 3.05) is 4.90 Å². The summed E-state index contributed by atoms with van der Waals surface area (Å²) in [5.41, 5.74) is 2.54. The number of rotatable bonds is 4. The Morgan fingerprint density at radius 2 is 2.04 bits per heavy atom. The monoisotopic (exact) mass is 412 g/mol. The van der Waals surface area contributed by atoms with Gasteiger partial charge in [0, 0.05) is 29.7 Å². The summed E-state index contributed by atoms with van der Waals surface area (Å²) in [7, 11) is 0. The normalized spacial score (nSPS) is 19.3. The number of nitrogens with zero attached hydrogens (tertiary/aromatic N) is 3. The first-order chi connectivity index (χ1) is 13.5. The minimum atomic E-state index is -0.174. The maximum atomic E-state index is 10.5. The third-order valence-corrected chi connectivity index (χ3v) is 5.52. The number of hydrogen-bond acceptors (Lipinski definition) is 3. The molecule has 144 valence electrons. The van der Waals surface area contributed by atoms with Gasteiger partial charge in [-0.25, -0.2) is 0 Å². The molecule has 0 bridgehead atoms. The summed E-state index contributed by atoms with van der Waals surface area (Å²) < 4.78 is 2.15. The first kappa shape index (κ1) is 18.8. The number of benzene rings is 1. The first-order valence-electron chi connectivity index (χ1n) is 9.12. The maximum Gasteiger partial charge on any atom is 0.174 e. The molecule has 5 nitrogen and oxygen atoms in total. The minimum absolute atomic E-state index is 0.128. The second-order valence-electron chi connectivity index (χ2n) is 7.12. The number of phenols is 1. The van der Waals surface area contributed by atoms with Crippen LogP contribution in [0.2, 0.25) is 5.02 Å². The maximum absolute atomic E-state index is 10.5. The predicted molar refractivity (Wildman–Crippen MR) is 116 cm³/mol. The fraction of sp³-hybridized carbons (Fsp3) is 0.238. The number of aromatic hydroxyl groups is 1. The fourth-order valence-electron chi connectivity index (χ4n) is 3.57. The Balaban J connectivity index is 1.85. The Labute approximate surface area is 174 Å². The molecule has 4 rings (SSSR count). The standard InChI is InChI=1S/C21H21ClN4OS/c1-13(2)25-10-8-14(12-25)20-19(16-5-3-4-9-23-16)24-21(28)26(20)17-11-15(22)6-7-18(17)27/h3-13,19-20,27H,1-2H3,(H,24,28)/t19-,20-/m1/s1. The van der Waals surface area contributed by atoms with E-state index in [-0.39, 0.29) is 17.8 Å². The lowest BCUT2D eigenvalue weighted by molar-refractivity contribution is 0.472. The summed E-state index contributed by atoms with van der Waals surface area (Å²) in [5, 5.41) is 15.0. The van der Waals surface area contributed by atoms with Gasteiger partial charge in [-0.1, -0.05) is 17.7 Å². The van der Waals surface area contributed by atoms with Gasteiger partial charge >= 0.3 is 0 Å². The van der Waals surface area contributed by atoms with Crippen molar-refractivity contribution in [3.8, 4) is 5.75 Å². The number of pyridine rings is 1. The first-order valence-corrected chi connectivity index (χ1v) is 9.91. The van der Waals surface area contributed by atoms with E-state index < -0.39 is 0 Å². The van der Waals surface area contributed by atoms with Gasteiger partial charge in [-0.05, 0) is 68.0 Å². The second-order valence-corrected chi connectivity index (χ2v) is 7.94. The Morgan fingerprint density at radius 1 is 1.21 bits per heavy atom. The smallest absolute Gasteiger partial charge is 0.174 e. The number of phenolic OH excluding ortho intramolecular Hbond substituents is 1. The number of nitrogens with one attached hydrogen (secondary N) is 1. The lowest BCUT2D eigenvalue weighted by Gasteiger charge is -2.28. The van der Waals surface area contributed by atoms with Crippen LogP contribution in [0.4, 0.5) is 5.69 Å². The van der Waals surface area contributed by atoms with Crippen molar-refractivity contribution in [2.45, 2.75) is 32.0 Å². The molecule has 1 fully saturated rings. The molecule has 3 aromatic rings. The van der Waals surface area contributed by atoms with Crippen LogP contribution in [0.3, 0.4) is 0 Å². The third kappa shape index (κ3) is 3.34. The van der Waals surface area contributed by atoms with Crippen molar-refractivity contribution in [1.29, 1.82) is 0 Å². The Morgan fingerprint density at radius 3 is 2.71 bits per heavy atom. The number of anilines is 1. The van der Waals surface area contributed by atoms with Crippen LogP contribution >= 0.6 is 23.8 Å². The van der Waals surface area contributed by atoms with Crippen molar-refractivity contribution < 1.29 is 5.11 Å². The third-order valence-electron chi connectivity index (χ3n) is 4.97. The second kappa shape index (κ2) is 7.45. The molecule has 2 aromatic heterocycles. The van der Waals surface area contributed by atoms with Gasteiger partial charge in [0.05, 0.1) is 23.5 Å². The zero-order valence-electron chi connectivity index (χ0n) is 15.6. The highest BCUT2D eigenvalue weighted by Gasteiger charge is 2.42. The summed E-state index contributed by atoms with van der Waals surface area (Å²) in [6.07, 6.45) is 5.96. The van der Waals surface area contributed by atoms with Crippen molar-refractivity contribution in [1.82, 2.24) is 14.9 Å². The molecule has 28 heavy (non-hydrogen) atoms. The Hall–Kier alpha value is -2.57. The van der Waals surface area contributed by atoms with Gasteiger partial charge in [-0.15, -0.1) is 0 Å². The van der Waals surface area contributed by atoms with Crippen LogP contribution in [0.5, 0.6) is 5.75 Å². The van der Waals surface area contributed by atoms with Crippen LogP contribution in [-0.4, -0.2) is 19.8 Å². The predicted octanol–water partition coefficient (Wildman–Crippen LogP) is 5.00. The quantitative estimate of drug-likeness (QED) is 0.590. The number of hydrogen-bond donors (Lipinski definition) is 2. The number of thiocarbonyl (C=S) groups is 1. The summed E-state index contributed by atoms with van der Waals surface area (Å²) in [6, 6.07) is 12.9.